The van der Waals surface area contributed by atoms with E-state index in [-0.39, 0.29) is 18.1 Å². The maximum Gasteiger partial charge on any atom is 0.322 e. The van der Waals surface area contributed by atoms with Crippen LogP contribution in [-0.2, 0) is 13.0 Å². The van der Waals surface area contributed by atoms with Crippen LogP contribution in [0.4, 0.5) is 14.9 Å². The van der Waals surface area contributed by atoms with Crippen LogP contribution in [-0.4, -0.2) is 41.1 Å². The summed E-state index contributed by atoms with van der Waals surface area (Å²) in [7, 11) is 3.00. The highest BCUT2D eigenvalue weighted by molar-refractivity contribution is 5.91. The molecule has 0 atom stereocenters. The first-order valence-corrected chi connectivity index (χ1v) is 8.98. The first-order valence-electron chi connectivity index (χ1n) is 8.98. The molecule has 29 heavy (non-hydrogen) atoms. The monoisotopic (exact) mass is 398 g/mol. The maximum atomic E-state index is 13.5. The van der Waals surface area contributed by atoms with E-state index >= 15 is 0 Å². The van der Waals surface area contributed by atoms with E-state index in [1.165, 1.54) is 35.7 Å². The minimum atomic E-state index is -0.531. The Balaban J connectivity index is 1.62. The molecule has 3 aromatic rings. The lowest BCUT2D eigenvalue weighted by atomic mass is 10.1. The van der Waals surface area contributed by atoms with E-state index in [1.807, 2.05) is 0 Å². The van der Waals surface area contributed by atoms with Gasteiger partial charge in [0.25, 0.3) is 5.56 Å². The third kappa shape index (κ3) is 3.35. The first kappa shape index (κ1) is 18.7. The molecular formula is C20H19FN4O4. The van der Waals surface area contributed by atoms with Crippen LogP contribution in [0.5, 0.6) is 11.5 Å². The lowest BCUT2D eigenvalue weighted by molar-refractivity contribution is 0.205. The molecule has 0 saturated carbocycles. The fraction of sp³-hybridized carbons (Fsp3) is 0.250. The smallest absolute Gasteiger partial charge is 0.322 e. The van der Waals surface area contributed by atoms with Crippen molar-refractivity contribution in [2.24, 2.45) is 0 Å². The molecule has 0 saturated heterocycles. The van der Waals surface area contributed by atoms with Gasteiger partial charge in [-0.1, -0.05) is 6.07 Å². The number of nitrogens with zero attached hydrogens (tertiary/aromatic N) is 3. The number of anilines is 1. The molecule has 0 spiro atoms. The van der Waals surface area contributed by atoms with Gasteiger partial charge in [0.2, 0.25) is 0 Å². The number of urea groups is 1. The van der Waals surface area contributed by atoms with Crippen molar-refractivity contribution in [3.63, 3.8) is 0 Å². The second kappa shape index (κ2) is 7.42. The summed E-state index contributed by atoms with van der Waals surface area (Å²) in [5.41, 5.74) is 1.48. The number of rotatable bonds is 3. The van der Waals surface area contributed by atoms with Gasteiger partial charge in [-0.05, 0) is 24.3 Å². The van der Waals surface area contributed by atoms with Crippen molar-refractivity contribution >= 4 is 17.4 Å². The number of hydrogen-bond donors (Lipinski definition) is 1. The Morgan fingerprint density at radius 3 is 2.79 bits per heavy atom. The van der Waals surface area contributed by atoms with Crippen LogP contribution in [0.3, 0.4) is 0 Å². The molecule has 9 heteroatoms. The standard InChI is InChI=1S/C20H19FN4O4/c1-28-16-5-3-4-15(18(16)29-2)23-20(27)24-9-8-14-13(11-24)19(26)25-10-12(21)6-7-17(25)22-14/h3-7,10H,8-9,11H2,1-2H3,(H,23,27). The Morgan fingerprint density at radius 2 is 2.03 bits per heavy atom. The normalized spacial score (nSPS) is 13.1. The zero-order valence-electron chi connectivity index (χ0n) is 15.9. The van der Waals surface area contributed by atoms with Gasteiger partial charge >= 0.3 is 6.03 Å². The van der Waals surface area contributed by atoms with E-state index in [4.69, 9.17) is 9.47 Å². The van der Waals surface area contributed by atoms with E-state index in [2.05, 4.69) is 10.3 Å². The molecule has 0 unspecified atom stereocenters. The highest BCUT2D eigenvalue weighted by Gasteiger charge is 2.26. The second-order valence-electron chi connectivity index (χ2n) is 6.56. The summed E-state index contributed by atoms with van der Waals surface area (Å²) in [6.07, 6.45) is 1.53. The average Bonchev–Trinajstić information content (AvgIpc) is 2.74. The van der Waals surface area contributed by atoms with Gasteiger partial charge in [0.15, 0.2) is 11.5 Å². The lowest BCUT2D eigenvalue weighted by Gasteiger charge is -2.28. The highest BCUT2D eigenvalue weighted by atomic mass is 19.1. The summed E-state index contributed by atoms with van der Waals surface area (Å²) in [5.74, 6) is 0.367. The number of aromatic nitrogens is 2. The third-order valence-electron chi connectivity index (χ3n) is 4.86. The van der Waals surface area contributed by atoms with Crippen LogP contribution in [0.1, 0.15) is 11.3 Å². The van der Waals surface area contributed by atoms with Crippen LogP contribution in [0.25, 0.3) is 5.65 Å². The third-order valence-corrected chi connectivity index (χ3v) is 4.86. The van der Waals surface area contributed by atoms with E-state index in [1.54, 1.807) is 18.2 Å². The fourth-order valence-corrected chi connectivity index (χ4v) is 3.42. The molecule has 0 radical (unpaired) electrons. The number of pyridine rings is 1. The molecule has 1 aliphatic heterocycles. The minimum absolute atomic E-state index is 0.0821. The number of halogens is 1. The number of para-hydroxylation sites is 1. The second-order valence-corrected chi connectivity index (χ2v) is 6.56. The van der Waals surface area contributed by atoms with Crippen LogP contribution >= 0.6 is 0 Å². The topological polar surface area (TPSA) is 85.2 Å². The molecule has 0 bridgehead atoms. The molecule has 4 rings (SSSR count). The zero-order valence-corrected chi connectivity index (χ0v) is 15.9. The highest BCUT2D eigenvalue weighted by Crippen LogP contribution is 2.35. The number of hydrogen-bond acceptors (Lipinski definition) is 5. The number of fused-ring (bicyclic) bond motifs is 2. The van der Waals surface area contributed by atoms with Crippen molar-refractivity contribution in [1.82, 2.24) is 14.3 Å². The quantitative estimate of drug-likeness (QED) is 0.733. The fourth-order valence-electron chi connectivity index (χ4n) is 3.42. The molecule has 1 N–H and O–H groups in total. The van der Waals surface area contributed by atoms with Gasteiger partial charge in [-0.15, -0.1) is 0 Å². The molecule has 0 aliphatic carbocycles. The summed E-state index contributed by atoms with van der Waals surface area (Å²) < 4.78 is 25.3. The molecule has 2 aromatic heterocycles. The number of ether oxygens (including phenoxy) is 2. The van der Waals surface area contributed by atoms with Crippen LogP contribution in [0.15, 0.2) is 41.3 Å². The molecule has 150 valence electrons. The molecule has 1 aromatic carbocycles. The van der Waals surface area contributed by atoms with Crippen molar-refractivity contribution in [2.45, 2.75) is 13.0 Å². The van der Waals surface area contributed by atoms with Crippen molar-refractivity contribution in [3.05, 3.63) is 64.0 Å². The SMILES string of the molecule is COc1cccc(NC(=O)N2CCc3nc4ccc(F)cn4c(=O)c3C2)c1OC. The summed E-state index contributed by atoms with van der Waals surface area (Å²) in [4.78, 5) is 31.6. The Morgan fingerprint density at radius 1 is 1.21 bits per heavy atom. The summed E-state index contributed by atoms with van der Waals surface area (Å²) in [5, 5.41) is 2.80. The van der Waals surface area contributed by atoms with E-state index in [0.717, 1.165) is 6.20 Å². The lowest BCUT2D eigenvalue weighted by Crippen LogP contribution is -2.42. The Kier molecular flexibility index (Phi) is 4.79. The van der Waals surface area contributed by atoms with Gasteiger partial charge in [0.05, 0.1) is 37.7 Å². The largest absolute Gasteiger partial charge is 0.493 e. The number of benzene rings is 1. The van der Waals surface area contributed by atoms with Crippen LogP contribution < -0.4 is 20.3 Å². The van der Waals surface area contributed by atoms with Gasteiger partial charge in [0.1, 0.15) is 11.5 Å². The van der Waals surface area contributed by atoms with Gasteiger partial charge in [-0.25, -0.2) is 14.2 Å². The Labute approximate surface area is 165 Å². The average molecular weight is 398 g/mol. The predicted octanol–water partition coefficient (Wildman–Crippen LogP) is 2.44. The molecular weight excluding hydrogens is 379 g/mol. The maximum absolute atomic E-state index is 13.5. The first-order chi connectivity index (χ1) is 14.0. The molecule has 1 aliphatic rings. The summed E-state index contributed by atoms with van der Waals surface area (Å²) in [6, 6.07) is 7.50. The zero-order chi connectivity index (χ0) is 20.5. The number of nitrogens with one attached hydrogen (secondary N) is 1. The van der Waals surface area contributed by atoms with E-state index in [9.17, 15) is 14.0 Å². The van der Waals surface area contributed by atoms with Gasteiger partial charge < -0.3 is 19.7 Å². The Hall–Kier alpha value is -3.62. The van der Waals surface area contributed by atoms with Crippen molar-refractivity contribution in [2.75, 3.05) is 26.1 Å². The minimum Gasteiger partial charge on any atom is -0.493 e. The van der Waals surface area contributed by atoms with E-state index < -0.39 is 5.82 Å². The molecule has 0 fully saturated rings. The molecule has 8 nitrogen and oxygen atoms in total. The van der Waals surface area contributed by atoms with Crippen molar-refractivity contribution < 1.29 is 18.7 Å². The summed E-state index contributed by atoms with van der Waals surface area (Å²) >= 11 is 0. The molecule has 3 heterocycles. The van der Waals surface area contributed by atoms with Crippen LogP contribution in [0.2, 0.25) is 0 Å². The number of carbonyl (C=O) groups is 1. The Bertz CT molecular complexity index is 1160. The van der Waals surface area contributed by atoms with Crippen LogP contribution in [0, 0.1) is 5.82 Å². The predicted molar refractivity (Wildman–Crippen MR) is 104 cm³/mol. The van der Waals surface area contributed by atoms with E-state index in [0.29, 0.717) is 47.1 Å². The van der Waals surface area contributed by atoms with Crippen molar-refractivity contribution in [3.8, 4) is 11.5 Å². The summed E-state index contributed by atoms with van der Waals surface area (Å²) in [6.45, 7) is 0.480. The van der Waals surface area contributed by atoms with Gasteiger partial charge in [0, 0.05) is 19.2 Å². The van der Waals surface area contributed by atoms with Gasteiger partial charge in [-0.3, -0.25) is 9.20 Å². The number of amides is 2. The van der Waals surface area contributed by atoms with Gasteiger partial charge in [-0.2, -0.15) is 0 Å². The van der Waals surface area contributed by atoms with Crippen molar-refractivity contribution in [1.29, 1.82) is 0 Å². The molecule has 2 amide bonds. The number of carbonyl (C=O) groups excluding carboxylic acids is 1. The number of methoxy groups -OCH3 is 2.